The smallest absolute Gasteiger partial charge is 0.104 e. The van der Waals surface area contributed by atoms with E-state index in [0.29, 0.717) is 12.0 Å². The molecular weight excluding hydrogens is 275 g/mol. The normalized spacial score (nSPS) is 18.3. The van der Waals surface area contributed by atoms with Crippen molar-refractivity contribution in [1.82, 2.24) is 5.32 Å². The highest BCUT2D eigenvalue weighted by Crippen LogP contribution is 2.08. The van der Waals surface area contributed by atoms with Crippen LogP contribution in [0, 0.1) is 0 Å². The predicted molar refractivity (Wildman–Crippen MR) is 74.6 cm³/mol. The van der Waals surface area contributed by atoms with E-state index in [-0.39, 0.29) is 18.5 Å². The molecular formula is C12H30Cl2N2O2. The van der Waals surface area contributed by atoms with Gasteiger partial charge in [0.1, 0.15) is 12.6 Å². The first kappa shape index (κ1) is 23.5. The maximum atomic E-state index is 9.18. The molecule has 0 aromatic rings. The molecule has 6 heteroatoms. The second kappa shape index (κ2) is 13.8. The lowest BCUT2D eigenvalue weighted by molar-refractivity contribution is -0.873. The molecule has 0 aromatic carbocycles. The van der Waals surface area contributed by atoms with Gasteiger partial charge in [0.05, 0.1) is 39.7 Å². The largest absolute Gasteiger partial charge is 1.00 e. The van der Waals surface area contributed by atoms with Crippen LogP contribution in [0.3, 0.4) is 0 Å². The van der Waals surface area contributed by atoms with Gasteiger partial charge in [-0.1, -0.05) is 6.92 Å². The van der Waals surface area contributed by atoms with Gasteiger partial charge < -0.3 is 32.1 Å². The summed E-state index contributed by atoms with van der Waals surface area (Å²) in [5.41, 5.74) is 0. The van der Waals surface area contributed by atoms with Crippen LogP contribution in [-0.2, 0) is 4.74 Å². The summed E-state index contributed by atoms with van der Waals surface area (Å²) < 4.78 is 5.57. The summed E-state index contributed by atoms with van der Waals surface area (Å²) in [6, 6.07) is 0. The molecule has 0 radical (unpaired) electrons. The highest BCUT2D eigenvalue weighted by Gasteiger charge is 2.19. The number of likely N-dealkylation sites (N-methyl/N-ethyl adjacent to an activating group) is 1. The zero-order valence-electron chi connectivity index (χ0n) is 12.5. The number of quaternary nitrogens is 1. The van der Waals surface area contributed by atoms with Gasteiger partial charge >= 0.3 is 0 Å². The topological polar surface area (TPSA) is 44.8 Å². The van der Waals surface area contributed by atoms with Crippen molar-refractivity contribution in [2.24, 2.45) is 0 Å². The minimum absolute atomic E-state index is 0. The Morgan fingerprint density at radius 1 is 1.39 bits per heavy atom. The van der Waals surface area contributed by atoms with Crippen LogP contribution < -0.4 is 17.7 Å². The Bertz CT molecular complexity index is 163. The van der Waals surface area contributed by atoms with Crippen LogP contribution >= 0.6 is 11.6 Å². The Morgan fingerprint density at radius 2 is 1.78 bits per heavy atom. The van der Waals surface area contributed by atoms with Gasteiger partial charge in [0, 0.05) is 0 Å². The molecule has 1 aliphatic rings. The zero-order chi connectivity index (χ0) is 13.9. The van der Waals surface area contributed by atoms with Crippen molar-refractivity contribution < 1.29 is 26.7 Å². The molecule has 0 spiro atoms. The molecule has 0 aromatic heterocycles. The molecule has 0 bridgehead atoms. The van der Waals surface area contributed by atoms with Crippen LogP contribution in [-0.4, -0.2) is 76.1 Å². The number of hydrogen-bond donors (Lipinski definition) is 2. The Morgan fingerprint density at radius 3 is 1.83 bits per heavy atom. The molecule has 1 heterocycles. The van der Waals surface area contributed by atoms with E-state index in [1.165, 1.54) is 0 Å². The summed E-state index contributed by atoms with van der Waals surface area (Å²) in [6.07, 6.45) is 1.12. The first-order valence-electron chi connectivity index (χ1n) is 6.05. The van der Waals surface area contributed by atoms with Gasteiger partial charge in [0.2, 0.25) is 0 Å². The van der Waals surface area contributed by atoms with Crippen molar-refractivity contribution in [3.63, 3.8) is 0 Å². The maximum absolute atomic E-state index is 9.18. The molecule has 2 atom stereocenters. The summed E-state index contributed by atoms with van der Waals surface area (Å²) in [5.74, 6) is 0.667. The van der Waals surface area contributed by atoms with Crippen LogP contribution in [0.4, 0.5) is 0 Å². The van der Waals surface area contributed by atoms with E-state index in [0.717, 1.165) is 24.1 Å². The predicted octanol–water partition coefficient (Wildman–Crippen LogP) is -2.07. The quantitative estimate of drug-likeness (QED) is 0.356. The molecule has 18 heavy (non-hydrogen) atoms. The molecule has 1 saturated heterocycles. The first-order chi connectivity index (χ1) is 7.80. The van der Waals surface area contributed by atoms with E-state index in [1.54, 1.807) is 0 Å². The lowest BCUT2D eigenvalue weighted by atomic mass is 10.2. The first-order valence-corrected chi connectivity index (χ1v) is 6.58. The second-order valence-corrected chi connectivity index (χ2v) is 5.45. The average molecular weight is 305 g/mol. The number of nitrogens with one attached hydrogen (secondary N) is 1. The summed E-state index contributed by atoms with van der Waals surface area (Å²) in [5, 5.41) is 11.9. The summed E-state index contributed by atoms with van der Waals surface area (Å²) in [6.45, 7) is 3.72. The van der Waals surface area contributed by atoms with Gasteiger partial charge in [-0.15, -0.1) is 11.6 Å². The van der Waals surface area contributed by atoms with Crippen molar-refractivity contribution in [1.29, 1.82) is 0 Å². The molecule has 4 nitrogen and oxygen atoms in total. The van der Waals surface area contributed by atoms with E-state index in [4.69, 9.17) is 16.3 Å². The monoisotopic (exact) mass is 304 g/mol. The lowest BCUT2D eigenvalue weighted by Gasteiger charge is -2.26. The Labute approximate surface area is 124 Å². The van der Waals surface area contributed by atoms with Crippen LogP contribution in [0.2, 0.25) is 0 Å². The number of hydrogen-bond acceptors (Lipinski definition) is 3. The van der Waals surface area contributed by atoms with Crippen molar-refractivity contribution in [2.45, 2.75) is 25.6 Å². The van der Waals surface area contributed by atoms with E-state index >= 15 is 0 Å². The molecule has 2 N–H and O–H groups in total. The van der Waals surface area contributed by atoms with Gasteiger partial charge in [-0.3, -0.25) is 0 Å². The SMILES string of the molecule is CCC(O)C[N+](C)(C)C.CNC.ClCC1CO1.[Cl-]. The number of nitrogens with zero attached hydrogens (tertiary/aromatic N) is 1. The van der Waals surface area contributed by atoms with Crippen LogP contribution in [0.5, 0.6) is 0 Å². The standard InChI is InChI=1S/C7H18NO.C3H5ClO.C2H7N.ClH/c1-5-7(9)6-8(2,3)4;4-1-3-2-5-3;1-3-2;/h7,9H,5-6H2,1-4H3;3H,1-2H2;3H,1-2H3;1H/q+1;;;/p-1. The van der Waals surface area contributed by atoms with Crippen molar-refractivity contribution in [2.75, 3.05) is 54.3 Å². The molecule has 0 saturated carbocycles. The third-order valence-electron chi connectivity index (χ3n) is 1.80. The van der Waals surface area contributed by atoms with E-state index in [1.807, 2.05) is 21.0 Å². The van der Waals surface area contributed by atoms with Crippen LogP contribution in [0.1, 0.15) is 13.3 Å². The zero-order valence-corrected chi connectivity index (χ0v) is 14.1. The third kappa shape index (κ3) is 25.3. The molecule has 1 aliphatic heterocycles. The molecule has 0 aliphatic carbocycles. The number of epoxide rings is 1. The van der Waals surface area contributed by atoms with Crippen molar-refractivity contribution in [3.05, 3.63) is 0 Å². The molecule has 1 rings (SSSR count). The van der Waals surface area contributed by atoms with Crippen LogP contribution in [0.15, 0.2) is 0 Å². The fraction of sp³-hybridized carbons (Fsp3) is 1.00. The number of aliphatic hydroxyl groups excluding tert-OH is 1. The summed E-state index contributed by atoms with van der Waals surface area (Å²) >= 11 is 5.27. The molecule has 114 valence electrons. The summed E-state index contributed by atoms with van der Waals surface area (Å²) in [4.78, 5) is 0. The van der Waals surface area contributed by atoms with Crippen molar-refractivity contribution in [3.8, 4) is 0 Å². The highest BCUT2D eigenvalue weighted by atomic mass is 35.5. The van der Waals surface area contributed by atoms with Crippen LogP contribution in [0.25, 0.3) is 0 Å². The number of rotatable bonds is 4. The fourth-order valence-corrected chi connectivity index (χ4v) is 1.10. The van der Waals surface area contributed by atoms with Gasteiger partial charge in [-0.05, 0) is 20.5 Å². The van der Waals surface area contributed by atoms with Crippen molar-refractivity contribution >= 4 is 11.6 Å². The fourth-order valence-electron chi connectivity index (χ4n) is 0.918. The van der Waals surface area contributed by atoms with Gasteiger partial charge in [0.25, 0.3) is 0 Å². The highest BCUT2D eigenvalue weighted by molar-refractivity contribution is 6.18. The second-order valence-electron chi connectivity index (χ2n) is 5.14. The Balaban J connectivity index is -0.000000211. The third-order valence-corrected chi connectivity index (χ3v) is 2.15. The number of halogens is 2. The van der Waals surface area contributed by atoms with E-state index in [2.05, 4.69) is 26.5 Å². The molecule has 0 amide bonds. The van der Waals surface area contributed by atoms with E-state index < -0.39 is 0 Å². The Hall–Kier alpha value is 0.420. The lowest BCUT2D eigenvalue weighted by Crippen LogP contribution is -3.00. The molecule has 2 unspecified atom stereocenters. The number of alkyl halides is 1. The number of ether oxygens (including phenoxy) is 1. The molecule has 1 fully saturated rings. The van der Waals surface area contributed by atoms with E-state index in [9.17, 15) is 5.11 Å². The van der Waals surface area contributed by atoms with Gasteiger partial charge in [-0.2, -0.15) is 0 Å². The minimum Gasteiger partial charge on any atom is -1.00 e. The van der Waals surface area contributed by atoms with Gasteiger partial charge in [-0.25, -0.2) is 0 Å². The minimum atomic E-state index is -0.134. The maximum Gasteiger partial charge on any atom is 0.104 e. The summed E-state index contributed by atoms with van der Waals surface area (Å²) in [7, 11) is 10.00. The Kier molecular flexibility index (Phi) is 18.1. The number of aliphatic hydroxyl groups is 1. The average Bonchev–Trinajstić information content (AvgIpc) is 3.00. The van der Waals surface area contributed by atoms with Gasteiger partial charge in [0.15, 0.2) is 0 Å².